The van der Waals surface area contributed by atoms with Crippen molar-refractivity contribution in [3.8, 4) is 0 Å². The molecule has 0 bridgehead atoms. The number of methoxy groups -OCH3 is 1. The van der Waals surface area contributed by atoms with Gasteiger partial charge >= 0.3 is 18.2 Å². The second kappa shape index (κ2) is 7.82. The summed E-state index contributed by atoms with van der Waals surface area (Å²) < 4.78 is 41.5. The van der Waals surface area contributed by atoms with E-state index in [0.717, 1.165) is 0 Å². The Labute approximate surface area is 108 Å². The molecule has 0 radical (unpaired) electrons. The molecule has 0 aromatic rings. The van der Waals surface area contributed by atoms with E-state index in [2.05, 4.69) is 5.32 Å². The van der Waals surface area contributed by atoms with Crippen molar-refractivity contribution in [3.05, 3.63) is 0 Å². The smallest absolute Gasteiger partial charge is 0.406 e. The second-order valence-electron chi connectivity index (χ2n) is 3.87. The van der Waals surface area contributed by atoms with Crippen molar-refractivity contribution in [1.82, 2.24) is 10.2 Å². The third-order valence-corrected chi connectivity index (χ3v) is 2.17. The predicted octanol–water partition coefficient (Wildman–Crippen LogP) is 1.07. The summed E-state index contributed by atoms with van der Waals surface area (Å²) in [6, 6.07) is -1.55. The molecule has 0 aliphatic carbocycles. The average Bonchev–Trinajstić information content (AvgIpc) is 2.24. The zero-order valence-corrected chi connectivity index (χ0v) is 10.7. The highest BCUT2D eigenvalue weighted by Crippen LogP contribution is 2.16. The number of hydrogen-bond donors (Lipinski definition) is 2. The van der Waals surface area contributed by atoms with Crippen molar-refractivity contribution in [2.45, 2.75) is 25.6 Å². The van der Waals surface area contributed by atoms with E-state index in [-0.39, 0.29) is 11.5 Å². The minimum Gasteiger partial charge on any atom is -0.480 e. The first kappa shape index (κ1) is 17.5. The van der Waals surface area contributed by atoms with Crippen LogP contribution in [0.1, 0.15) is 13.3 Å². The minimum absolute atomic E-state index is 0.134. The first-order chi connectivity index (χ1) is 8.69. The van der Waals surface area contributed by atoms with E-state index in [4.69, 9.17) is 9.84 Å². The molecule has 0 aliphatic heterocycles. The lowest BCUT2D eigenvalue weighted by molar-refractivity contribution is -0.149. The molecule has 0 saturated heterocycles. The lowest BCUT2D eigenvalue weighted by Gasteiger charge is -2.25. The van der Waals surface area contributed by atoms with Gasteiger partial charge in [0.1, 0.15) is 13.1 Å². The van der Waals surface area contributed by atoms with Crippen LogP contribution < -0.4 is 5.32 Å². The third-order valence-electron chi connectivity index (χ3n) is 2.17. The summed E-state index contributed by atoms with van der Waals surface area (Å²) in [6.45, 7) is -0.784. The van der Waals surface area contributed by atoms with Crippen molar-refractivity contribution in [3.63, 3.8) is 0 Å². The summed E-state index contributed by atoms with van der Waals surface area (Å²) in [5.74, 6) is -1.51. The molecule has 2 N–H and O–H groups in total. The SMILES string of the molecule is CCC(COC)NC(=O)N(CC(=O)O)CC(F)(F)F. The lowest BCUT2D eigenvalue weighted by Crippen LogP contribution is -2.50. The Morgan fingerprint density at radius 2 is 2.00 bits per heavy atom. The molecule has 0 aliphatic rings. The number of halogens is 3. The van der Waals surface area contributed by atoms with E-state index >= 15 is 0 Å². The van der Waals surface area contributed by atoms with Crippen molar-refractivity contribution >= 4 is 12.0 Å². The van der Waals surface area contributed by atoms with E-state index in [1.54, 1.807) is 6.92 Å². The Morgan fingerprint density at radius 3 is 2.37 bits per heavy atom. The van der Waals surface area contributed by atoms with Gasteiger partial charge in [-0.25, -0.2) is 4.79 Å². The van der Waals surface area contributed by atoms with Gasteiger partial charge in [0.15, 0.2) is 0 Å². The van der Waals surface area contributed by atoms with Gasteiger partial charge in [-0.3, -0.25) is 4.79 Å². The number of ether oxygens (including phenoxy) is 1. The summed E-state index contributed by atoms with van der Waals surface area (Å²) >= 11 is 0. The number of carbonyl (C=O) groups excluding carboxylic acids is 1. The van der Waals surface area contributed by atoms with Crippen molar-refractivity contribution < 1.29 is 32.6 Å². The first-order valence-electron chi connectivity index (χ1n) is 5.52. The van der Waals surface area contributed by atoms with Gasteiger partial charge in [-0.05, 0) is 6.42 Å². The summed E-state index contributed by atoms with van der Waals surface area (Å²) in [7, 11) is 1.39. The fourth-order valence-electron chi connectivity index (χ4n) is 1.31. The molecule has 1 atom stereocenters. The maximum Gasteiger partial charge on any atom is 0.406 e. The Balaban J connectivity index is 4.65. The van der Waals surface area contributed by atoms with Crippen LogP contribution in [-0.2, 0) is 9.53 Å². The molecule has 112 valence electrons. The van der Waals surface area contributed by atoms with Gasteiger partial charge in [0.2, 0.25) is 0 Å². The number of nitrogens with zero attached hydrogens (tertiary/aromatic N) is 1. The summed E-state index contributed by atoms with van der Waals surface area (Å²) in [5, 5.41) is 10.8. The first-order valence-corrected chi connectivity index (χ1v) is 5.52. The summed E-state index contributed by atoms with van der Waals surface area (Å²) in [5.41, 5.74) is 0. The molecular weight excluding hydrogens is 269 g/mol. The van der Waals surface area contributed by atoms with Crippen LogP contribution in [0.25, 0.3) is 0 Å². The summed E-state index contributed by atoms with van der Waals surface area (Å²) in [6.07, 6.45) is -4.21. The third kappa shape index (κ3) is 8.25. The fourth-order valence-corrected chi connectivity index (χ4v) is 1.31. The van der Waals surface area contributed by atoms with E-state index < -0.39 is 37.3 Å². The zero-order chi connectivity index (χ0) is 15.1. The molecule has 6 nitrogen and oxygen atoms in total. The number of rotatable bonds is 7. The number of hydrogen-bond acceptors (Lipinski definition) is 3. The van der Waals surface area contributed by atoms with Gasteiger partial charge < -0.3 is 20.1 Å². The zero-order valence-electron chi connectivity index (χ0n) is 10.7. The number of alkyl halides is 3. The molecule has 0 fully saturated rings. The minimum atomic E-state index is -4.66. The molecule has 1 unspecified atom stereocenters. The molecule has 19 heavy (non-hydrogen) atoms. The molecule has 0 heterocycles. The number of aliphatic carboxylic acids is 1. The predicted molar refractivity (Wildman–Crippen MR) is 59.8 cm³/mol. The number of amides is 2. The second-order valence-corrected chi connectivity index (χ2v) is 3.87. The molecular formula is C10H17F3N2O4. The van der Waals surface area contributed by atoms with Crippen molar-refractivity contribution in [2.75, 3.05) is 26.8 Å². The van der Waals surface area contributed by atoms with Crippen molar-refractivity contribution in [1.29, 1.82) is 0 Å². The number of carboxylic acid groups (broad SMARTS) is 1. The number of urea groups is 1. The molecule has 0 aromatic heterocycles. The van der Waals surface area contributed by atoms with Crippen LogP contribution in [0.15, 0.2) is 0 Å². The quantitative estimate of drug-likeness (QED) is 0.733. The largest absolute Gasteiger partial charge is 0.480 e. The van der Waals surface area contributed by atoms with E-state index in [9.17, 15) is 22.8 Å². The molecule has 0 aromatic carbocycles. The molecule has 0 spiro atoms. The lowest BCUT2D eigenvalue weighted by atomic mass is 10.2. The van der Waals surface area contributed by atoms with Crippen LogP contribution in [0.4, 0.5) is 18.0 Å². The standard InChI is InChI=1S/C10H17F3N2O4/c1-3-7(5-19-2)14-9(18)15(4-8(16)17)6-10(11,12)13/h7H,3-6H2,1-2H3,(H,14,18)(H,16,17). The normalized spacial score (nSPS) is 12.9. The maximum absolute atomic E-state index is 12.2. The molecule has 0 rings (SSSR count). The Kier molecular flexibility index (Phi) is 7.20. The highest BCUT2D eigenvalue weighted by Gasteiger charge is 2.34. The van der Waals surface area contributed by atoms with Crippen LogP contribution >= 0.6 is 0 Å². The Morgan fingerprint density at radius 1 is 1.42 bits per heavy atom. The highest BCUT2D eigenvalue weighted by molar-refractivity contribution is 5.80. The van der Waals surface area contributed by atoms with Gasteiger partial charge in [0, 0.05) is 7.11 Å². The van der Waals surface area contributed by atoms with E-state index in [1.165, 1.54) is 7.11 Å². The van der Waals surface area contributed by atoms with Crippen LogP contribution in [0.3, 0.4) is 0 Å². The van der Waals surface area contributed by atoms with Crippen LogP contribution in [0.5, 0.6) is 0 Å². The highest BCUT2D eigenvalue weighted by atomic mass is 19.4. The molecule has 2 amide bonds. The fraction of sp³-hybridized carbons (Fsp3) is 0.800. The topological polar surface area (TPSA) is 78.9 Å². The number of nitrogens with one attached hydrogen (secondary N) is 1. The van der Waals surface area contributed by atoms with Gasteiger partial charge in [0.05, 0.1) is 12.6 Å². The average molecular weight is 286 g/mol. The molecule has 9 heteroatoms. The summed E-state index contributed by atoms with van der Waals surface area (Å²) in [4.78, 5) is 22.3. The van der Waals surface area contributed by atoms with Gasteiger partial charge in [0.25, 0.3) is 0 Å². The van der Waals surface area contributed by atoms with Gasteiger partial charge in [-0.15, -0.1) is 0 Å². The maximum atomic E-state index is 12.2. The van der Waals surface area contributed by atoms with Crippen molar-refractivity contribution in [2.24, 2.45) is 0 Å². The van der Waals surface area contributed by atoms with Gasteiger partial charge in [-0.2, -0.15) is 13.2 Å². The van der Waals surface area contributed by atoms with Gasteiger partial charge in [-0.1, -0.05) is 6.92 Å². The molecule has 0 saturated carbocycles. The van der Waals surface area contributed by atoms with E-state index in [1.807, 2.05) is 0 Å². The van der Waals surface area contributed by atoms with E-state index in [0.29, 0.717) is 6.42 Å². The van der Waals surface area contributed by atoms with Crippen LogP contribution in [0, 0.1) is 0 Å². The number of carboxylic acids is 1. The Bertz CT molecular complexity index is 310. The van der Waals surface area contributed by atoms with Crippen LogP contribution in [-0.4, -0.2) is 61.0 Å². The monoisotopic (exact) mass is 286 g/mol. The van der Waals surface area contributed by atoms with Crippen LogP contribution in [0.2, 0.25) is 0 Å². The number of carbonyl (C=O) groups is 2. The Hall–Kier alpha value is -1.51.